The predicted octanol–water partition coefficient (Wildman–Crippen LogP) is 1.14. The third kappa shape index (κ3) is 2.92. The van der Waals surface area contributed by atoms with Crippen molar-refractivity contribution < 1.29 is 9.84 Å². The van der Waals surface area contributed by atoms with Crippen LogP contribution in [0.25, 0.3) is 0 Å². The van der Waals surface area contributed by atoms with Gasteiger partial charge >= 0.3 is 0 Å². The van der Waals surface area contributed by atoms with E-state index in [0.717, 1.165) is 11.0 Å². The standard InChI is InChI=1S/C13H19BrN2O2/c14-12-4-2-1-3-11(12)13(7-15)16-5-6-18-9-10(16)8-17/h1-4,10,13,17H,5-9,15H2. The first-order valence-electron chi connectivity index (χ1n) is 6.16. The summed E-state index contributed by atoms with van der Waals surface area (Å²) in [4.78, 5) is 2.24. The molecule has 1 aliphatic rings. The van der Waals surface area contributed by atoms with E-state index in [1.165, 1.54) is 5.56 Å². The topological polar surface area (TPSA) is 58.7 Å². The zero-order chi connectivity index (χ0) is 13.0. The van der Waals surface area contributed by atoms with Crippen LogP contribution in [0.4, 0.5) is 0 Å². The number of hydrogen-bond donors (Lipinski definition) is 2. The molecule has 5 heteroatoms. The molecule has 0 spiro atoms. The number of ether oxygens (including phenoxy) is 1. The van der Waals surface area contributed by atoms with E-state index in [1.54, 1.807) is 0 Å². The number of aliphatic hydroxyl groups is 1. The van der Waals surface area contributed by atoms with E-state index in [2.05, 4.69) is 26.9 Å². The van der Waals surface area contributed by atoms with Gasteiger partial charge in [-0.15, -0.1) is 0 Å². The molecule has 2 rings (SSSR count). The molecule has 1 aromatic rings. The maximum Gasteiger partial charge on any atom is 0.0645 e. The predicted molar refractivity (Wildman–Crippen MR) is 74.3 cm³/mol. The van der Waals surface area contributed by atoms with Gasteiger partial charge in [-0.3, -0.25) is 4.90 Å². The fourth-order valence-corrected chi connectivity index (χ4v) is 2.97. The van der Waals surface area contributed by atoms with Crippen LogP contribution in [0, 0.1) is 0 Å². The Balaban J connectivity index is 2.24. The van der Waals surface area contributed by atoms with Gasteiger partial charge < -0.3 is 15.6 Å². The molecule has 4 nitrogen and oxygen atoms in total. The van der Waals surface area contributed by atoms with E-state index in [0.29, 0.717) is 19.8 Å². The van der Waals surface area contributed by atoms with Gasteiger partial charge in [0.15, 0.2) is 0 Å². The maximum absolute atomic E-state index is 9.45. The molecule has 18 heavy (non-hydrogen) atoms. The van der Waals surface area contributed by atoms with Crippen LogP contribution in [-0.2, 0) is 4.74 Å². The first-order chi connectivity index (χ1) is 8.77. The van der Waals surface area contributed by atoms with Gasteiger partial charge in [0.2, 0.25) is 0 Å². The van der Waals surface area contributed by atoms with E-state index >= 15 is 0 Å². The van der Waals surface area contributed by atoms with Crippen LogP contribution in [-0.4, -0.2) is 49.0 Å². The Morgan fingerprint density at radius 3 is 2.94 bits per heavy atom. The van der Waals surface area contributed by atoms with Crippen molar-refractivity contribution in [3.05, 3.63) is 34.3 Å². The SMILES string of the molecule is NCC(c1ccccc1Br)N1CCOCC1CO. The normalized spacial score (nSPS) is 22.9. The third-order valence-corrected chi connectivity index (χ3v) is 4.09. The second kappa shape index (κ2) is 6.63. The van der Waals surface area contributed by atoms with Gasteiger partial charge in [0, 0.05) is 23.6 Å². The summed E-state index contributed by atoms with van der Waals surface area (Å²) >= 11 is 3.57. The molecule has 0 amide bonds. The second-order valence-corrected chi connectivity index (χ2v) is 5.28. The van der Waals surface area contributed by atoms with Crippen molar-refractivity contribution in [3.63, 3.8) is 0 Å². The van der Waals surface area contributed by atoms with Crippen LogP contribution in [0.1, 0.15) is 11.6 Å². The number of nitrogens with two attached hydrogens (primary N) is 1. The highest BCUT2D eigenvalue weighted by Gasteiger charge is 2.29. The summed E-state index contributed by atoms with van der Waals surface area (Å²) in [6, 6.07) is 8.24. The highest BCUT2D eigenvalue weighted by atomic mass is 79.9. The molecule has 1 fully saturated rings. The minimum absolute atomic E-state index is 0.0272. The summed E-state index contributed by atoms with van der Waals surface area (Å²) < 4.78 is 6.47. The van der Waals surface area contributed by atoms with Gasteiger partial charge in [-0.1, -0.05) is 34.1 Å². The number of rotatable bonds is 4. The summed E-state index contributed by atoms with van der Waals surface area (Å²) in [6.07, 6.45) is 0. The van der Waals surface area contributed by atoms with Crippen molar-refractivity contribution in [2.45, 2.75) is 12.1 Å². The molecule has 1 heterocycles. The minimum Gasteiger partial charge on any atom is -0.395 e. The average molecular weight is 315 g/mol. The van der Waals surface area contributed by atoms with Gasteiger partial charge in [0.25, 0.3) is 0 Å². The highest BCUT2D eigenvalue weighted by molar-refractivity contribution is 9.10. The van der Waals surface area contributed by atoms with E-state index < -0.39 is 0 Å². The Kier molecular flexibility index (Phi) is 5.14. The Bertz CT molecular complexity index is 389. The van der Waals surface area contributed by atoms with Crippen molar-refractivity contribution in [2.24, 2.45) is 5.73 Å². The number of nitrogens with zero attached hydrogens (tertiary/aromatic N) is 1. The number of morpholine rings is 1. The lowest BCUT2D eigenvalue weighted by molar-refractivity contribution is -0.0464. The largest absolute Gasteiger partial charge is 0.395 e. The fraction of sp³-hybridized carbons (Fsp3) is 0.538. The van der Waals surface area contributed by atoms with Crippen LogP contribution < -0.4 is 5.73 Å². The zero-order valence-corrected chi connectivity index (χ0v) is 11.8. The van der Waals surface area contributed by atoms with Crippen molar-refractivity contribution in [2.75, 3.05) is 32.9 Å². The summed E-state index contributed by atoms with van der Waals surface area (Å²) in [5, 5.41) is 9.45. The van der Waals surface area contributed by atoms with Crippen LogP contribution in [0.2, 0.25) is 0 Å². The number of hydrogen-bond acceptors (Lipinski definition) is 4. The molecule has 0 saturated carbocycles. The molecule has 2 unspecified atom stereocenters. The summed E-state index contributed by atoms with van der Waals surface area (Å²) in [5.74, 6) is 0. The van der Waals surface area contributed by atoms with Crippen LogP contribution in [0.5, 0.6) is 0 Å². The van der Waals surface area contributed by atoms with Crippen molar-refractivity contribution in [1.82, 2.24) is 4.90 Å². The van der Waals surface area contributed by atoms with Crippen LogP contribution >= 0.6 is 15.9 Å². The lowest BCUT2D eigenvalue weighted by Crippen LogP contribution is -2.50. The molecule has 3 N–H and O–H groups in total. The summed E-state index contributed by atoms with van der Waals surface area (Å²) in [7, 11) is 0. The van der Waals surface area contributed by atoms with Crippen molar-refractivity contribution in [3.8, 4) is 0 Å². The first kappa shape index (κ1) is 14.0. The van der Waals surface area contributed by atoms with Gasteiger partial charge in [-0.05, 0) is 11.6 Å². The Labute approximate surface area is 116 Å². The molecular weight excluding hydrogens is 296 g/mol. The van der Waals surface area contributed by atoms with Gasteiger partial charge in [0.1, 0.15) is 0 Å². The van der Waals surface area contributed by atoms with Gasteiger partial charge in [-0.2, -0.15) is 0 Å². The van der Waals surface area contributed by atoms with E-state index in [4.69, 9.17) is 10.5 Å². The molecule has 0 aromatic heterocycles. The molecule has 1 aromatic carbocycles. The molecule has 0 aliphatic carbocycles. The number of benzene rings is 1. The molecule has 0 radical (unpaired) electrons. The van der Waals surface area contributed by atoms with E-state index in [-0.39, 0.29) is 18.7 Å². The quantitative estimate of drug-likeness (QED) is 0.875. The average Bonchev–Trinajstić information content (AvgIpc) is 2.42. The third-order valence-electron chi connectivity index (χ3n) is 3.37. The van der Waals surface area contributed by atoms with Gasteiger partial charge in [0.05, 0.1) is 25.9 Å². The lowest BCUT2D eigenvalue weighted by Gasteiger charge is -2.40. The molecule has 2 atom stereocenters. The first-order valence-corrected chi connectivity index (χ1v) is 6.96. The van der Waals surface area contributed by atoms with E-state index in [1.807, 2.05) is 18.2 Å². The van der Waals surface area contributed by atoms with Crippen LogP contribution in [0.15, 0.2) is 28.7 Å². The number of halogens is 1. The smallest absolute Gasteiger partial charge is 0.0645 e. The lowest BCUT2D eigenvalue weighted by atomic mass is 10.0. The van der Waals surface area contributed by atoms with E-state index in [9.17, 15) is 5.11 Å². The van der Waals surface area contributed by atoms with Crippen molar-refractivity contribution in [1.29, 1.82) is 0 Å². The van der Waals surface area contributed by atoms with Crippen LogP contribution in [0.3, 0.4) is 0 Å². The maximum atomic E-state index is 9.45. The zero-order valence-electron chi connectivity index (χ0n) is 10.3. The monoisotopic (exact) mass is 314 g/mol. The highest BCUT2D eigenvalue weighted by Crippen LogP contribution is 2.29. The van der Waals surface area contributed by atoms with Gasteiger partial charge in [-0.25, -0.2) is 0 Å². The molecule has 1 saturated heterocycles. The number of aliphatic hydroxyl groups excluding tert-OH is 1. The second-order valence-electron chi connectivity index (χ2n) is 4.42. The fourth-order valence-electron chi connectivity index (χ4n) is 2.42. The minimum atomic E-state index is 0.0272. The molecular formula is C13H19BrN2O2. The molecule has 100 valence electrons. The Morgan fingerprint density at radius 1 is 1.50 bits per heavy atom. The molecule has 0 bridgehead atoms. The summed E-state index contributed by atoms with van der Waals surface area (Å²) in [5.41, 5.74) is 7.10. The summed E-state index contributed by atoms with van der Waals surface area (Å²) in [6.45, 7) is 2.68. The Morgan fingerprint density at radius 2 is 2.28 bits per heavy atom. The van der Waals surface area contributed by atoms with Crippen molar-refractivity contribution >= 4 is 15.9 Å². The Hall–Kier alpha value is -0.460. The molecule has 1 aliphatic heterocycles.